The monoisotopic (exact) mass is 423 g/mol. The number of aromatic nitrogens is 2. The van der Waals surface area contributed by atoms with Gasteiger partial charge < -0.3 is 9.64 Å². The van der Waals surface area contributed by atoms with Crippen LogP contribution >= 0.6 is 11.6 Å². The molecule has 30 heavy (non-hydrogen) atoms. The lowest BCUT2D eigenvalue weighted by atomic mass is 10.0. The van der Waals surface area contributed by atoms with Crippen LogP contribution in [-0.4, -0.2) is 39.7 Å². The van der Waals surface area contributed by atoms with Crippen LogP contribution in [-0.2, 0) is 17.7 Å². The summed E-state index contributed by atoms with van der Waals surface area (Å²) >= 11 is 6.01. The molecule has 0 spiro atoms. The molecule has 1 aliphatic heterocycles. The van der Waals surface area contributed by atoms with E-state index in [1.807, 2.05) is 43.3 Å². The Kier molecular flexibility index (Phi) is 5.59. The van der Waals surface area contributed by atoms with E-state index in [0.29, 0.717) is 30.1 Å². The van der Waals surface area contributed by atoms with Crippen molar-refractivity contribution < 1.29 is 14.3 Å². The average molecular weight is 424 g/mol. The van der Waals surface area contributed by atoms with Crippen molar-refractivity contribution in [3.63, 3.8) is 0 Å². The van der Waals surface area contributed by atoms with Gasteiger partial charge in [-0.05, 0) is 50.2 Å². The molecule has 4 rings (SSSR count). The molecule has 154 valence electrons. The predicted molar refractivity (Wildman–Crippen MR) is 114 cm³/mol. The Balaban J connectivity index is 1.71. The van der Waals surface area contributed by atoms with Crippen LogP contribution in [0.5, 0.6) is 0 Å². The highest BCUT2D eigenvalue weighted by Crippen LogP contribution is 2.27. The normalized spacial score (nSPS) is 13.1. The van der Waals surface area contributed by atoms with Gasteiger partial charge in [0.2, 0.25) is 0 Å². The molecule has 1 amide bonds. The van der Waals surface area contributed by atoms with Gasteiger partial charge in [0.1, 0.15) is 0 Å². The van der Waals surface area contributed by atoms with Gasteiger partial charge in [0, 0.05) is 29.1 Å². The van der Waals surface area contributed by atoms with Crippen molar-refractivity contribution >= 4 is 23.5 Å². The fourth-order valence-electron chi connectivity index (χ4n) is 3.63. The second kappa shape index (κ2) is 8.32. The summed E-state index contributed by atoms with van der Waals surface area (Å²) in [7, 11) is 0. The molecule has 0 unspecified atom stereocenters. The number of amides is 1. The first-order valence-corrected chi connectivity index (χ1v) is 10.3. The molecule has 7 heteroatoms. The first-order valence-electron chi connectivity index (χ1n) is 9.87. The van der Waals surface area contributed by atoms with Gasteiger partial charge in [-0.2, -0.15) is 5.10 Å². The number of benzene rings is 2. The molecule has 1 aliphatic rings. The Bertz CT molecular complexity index is 1090. The molecule has 0 saturated carbocycles. The lowest BCUT2D eigenvalue weighted by Gasteiger charge is -2.28. The number of hydrogen-bond donors (Lipinski definition) is 0. The molecule has 0 aliphatic carbocycles. The molecule has 0 radical (unpaired) electrons. The van der Waals surface area contributed by atoms with E-state index in [0.717, 1.165) is 22.5 Å². The van der Waals surface area contributed by atoms with E-state index in [9.17, 15) is 9.59 Å². The number of hydrogen-bond acceptors (Lipinski definition) is 4. The average Bonchev–Trinajstić information content (AvgIpc) is 3.13. The Morgan fingerprint density at radius 2 is 1.80 bits per heavy atom. The maximum atomic E-state index is 13.0. The van der Waals surface area contributed by atoms with Crippen LogP contribution in [0.4, 0.5) is 0 Å². The molecule has 2 heterocycles. The molecule has 0 saturated heterocycles. The third-order valence-electron chi connectivity index (χ3n) is 5.18. The summed E-state index contributed by atoms with van der Waals surface area (Å²) in [6.45, 7) is 4.85. The highest BCUT2D eigenvalue weighted by Gasteiger charge is 2.31. The van der Waals surface area contributed by atoms with Crippen LogP contribution < -0.4 is 0 Å². The van der Waals surface area contributed by atoms with Crippen LogP contribution in [0.25, 0.3) is 5.69 Å². The highest BCUT2D eigenvalue weighted by atomic mass is 35.5. The summed E-state index contributed by atoms with van der Waals surface area (Å²) in [6.07, 6.45) is 0.585. The maximum Gasteiger partial charge on any atom is 0.359 e. The highest BCUT2D eigenvalue weighted by molar-refractivity contribution is 6.30. The van der Waals surface area contributed by atoms with E-state index in [-0.39, 0.29) is 18.2 Å². The zero-order valence-corrected chi connectivity index (χ0v) is 17.6. The van der Waals surface area contributed by atoms with Gasteiger partial charge in [-0.15, -0.1) is 0 Å². The standard InChI is InChI=1S/C23H22ClN3O3/c1-3-30-23(29)21-19-14-26(22(28)16-6-4-15(2)5-7-16)13-12-20(19)27(25-21)18-10-8-17(24)9-11-18/h4-11H,3,12-14H2,1-2H3. The van der Waals surface area contributed by atoms with Gasteiger partial charge in [0.15, 0.2) is 5.69 Å². The van der Waals surface area contributed by atoms with Crippen molar-refractivity contribution in [1.82, 2.24) is 14.7 Å². The van der Waals surface area contributed by atoms with Crippen molar-refractivity contribution in [2.24, 2.45) is 0 Å². The minimum absolute atomic E-state index is 0.0605. The minimum Gasteiger partial charge on any atom is -0.461 e. The smallest absolute Gasteiger partial charge is 0.359 e. The number of aryl methyl sites for hydroxylation is 1. The molecule has 0 bridgehead atoms. The van der Waals surface area contributed by atoms with Crippen molar-refractivity contribution in [2.45, 2.75) is 26.8 Å². The number of carbonyl (C=O) groups excluding carboxylic acids is 2. The molecular formula is C23H22ClN3O3. The van der Waals surface area contributed by atoms with Crippen LogP contribution in [0, 0.1) is 6.92 Å². The Morgan fingerprint density at radius 1 is 1.10 bits per heavy atom. The zero-order chi connectivity index (χ0) is 21.3. The summed E-state index contributed by atoms with van der Waals surface area (Å²) in [5.74, 6) is -0.541. The lowest BCUT2D eigenvalue weighted by Crippen LogP contribution is -2.36. The van der Waals surface area contributed by atoms with Crippen LogP contribution in [0.3, 0.4) is 0 Å². The summed E-state index contributed by atoms with van der Waals surface area (Å²) in [4.78, 5) is 27.3. The molecule has 6 nitrogen and oxygen atoms in total. The third-order valence-corrected chi connectivity index (χ3v) is 5.44. The zero-order valence-electron chi connectivity index (χ0n) is 16.9. The molecule has 2 aromatic carbocycles. The summed E-state index contributed by atoms with van der Waals surface area (Å²) in [5.41, 5.74) is 4.43. The maximum absolute atomic E-state index is 13.0. The second-order valence-electron chi connectivity index (χ2n) is 7.23. The largest absolute Gasteiger partial charge is 0.461 e. The number of carbonyl (C=O) groups is 2. The lowest BCUT2D eigenvalue weighted by molar-refractivity contribution is 0.0513. The fraction of sp³-hybridized carbons (Fsp3) is 0.261. The number of nitrogens with zero attached hydrogens (tertiary/aromatic N) is 3. The predicted octanol–water partition coefficient (Wildman–Crippen LogP) is 4.21. The van der Waals surface area contributed by atoms with Crippen molar-refractivity contribution in [3.8, 4) is 5.69 Å². The van der Waals surface area contributed by atoms with E-state index >= 15 is 0 Å². The fourth-order valence-corrected chi connectivity index (χ4v) is 3.76. The molecule has 3 aromatic rings. The first-order chi connectivity index (χ1) is 14.5. The molecule has 0 fully saturated rings. The SMILES string of the molecule is CCOC(=O)c1nn(-c2ccc(Cl)cc2)c2c1CN(C(=O)c1ccc(C)cc1)CC2. The van der Waals surface area contributed by atoms with Gasteiger partial charge in [-0.3, -0.25) is 4.79 Å². The summed E-state index contributed by atoms with van der Waals surface area (Å²) in [5, 5.41) is 5.17. The number of fused-ring (bicyclic) bond motifs is 1. The summed E-state index contributed by atoms with van der Waals surface area (Å²) in [6, 6.07) is 14.8. The van der Waals surface area contributed by atoms with Crippen LogP contribution in [0.2, 0.25) is 5.02 Å². The van der Waals surface area contributed by atoms with Crippen molar-refractivity contribution in [2.75, 3.05) is 13.2 Å². The number of rotatable bonds is 4. The molecule has 0 N–H and O–H groups in total. The first kappa shape index (κ1) is 20.2. The molecule has 1 aromatic heterocycles. The minimum atomic E-state index is -0.480. The van der Waals surface area contributed by atoms with Gasteiger partial charge in [0.05, 0.1) is 24.5 Å². The van der Waals surface area contributed by atoms with Gasteiger partial charge in [-0.25, -0.2) is 9.48 Å². The third kappa shape index (κ3) is 3.83. The van der Waals surface area contributed by atoms with Gasteiger partial charge >= 0.3 is 5.97 Å². The van der Waals surface area contributed by atoms with Gasteiger partial charge in [0.25, 0.3) is 5.91 Å². The van der Waals surface area contributed by atoms with E-state index in [1.54, 1.807) is 28.6 Å². The quantitative estimate of drug-likeness (QED) is 0.589. The van der Waals surface area contributed by atoms with Crippen LogP contribution in [0.15, 0.2) is 48.5 Å². The molecular weight excluding hydrogens is 402 g/mol. The molecule has 0 atom stereocenters. The Labute approximate surface area is 180 Å². The summed E-state index contributed by atoms with van der Waals surface area (Å²) < 4.78 is 6.97. The van der Waals surface area contributed by atoms with E-state index in [4.69, 9.17) is 16.3 Å². The van der Waals surface area contributed by atoms with E-state index in [1.165, 1.54) is 0 Å². The van der Waals surface area contributed by atoms with E-state index in [2.05, 4.69) is 5.10 Å². The number of esters is 1. The number of ether oxygens (including phenoxy) is 1. The van der Waals surface area contributed by atoms with Crippen molar-refractivity contribution in [1.29, 1.82) is 0 Å². The van der Waals surface area contributed by atoms with Crippen molar-refractivity contribution in [3.05, 3.63) is 81.6 Å². The Morgan fingerprint density at radius 3 is 2.47 bits per heavy atom. The number of halogens is 1. The van der Waals surface area contributed by atoms with Gasteiger partial charge in [-0.1, -0.05) is 29.3 Å². The van der Waals surface area contributed by atoms with E-state index < -0.39 is 5.97 Å². The topological polar surface area (TPSA) is 64.4 Å². The second-order valence-corrected chi connectivity index (χ2v) is 7.66. The Hall–Kier alpha value is -3.12. The van der Waals surface area contributed by atoms with Crippen LogP contribution in [0.1, 0.15) is 44.6 Å².